The molecule has 2 fully saturated rings. The van der Waals surface area contributed by atoms with Crippen LogP contribution in [0.15, 0.2) is 35.0 Å². The zero-order chi connectivity index (χ0) is 17.8. The maximum Gasteiger partial charge on any atom is 0.167 e. The van der Waals surface area contributed by atoms with E-state index in [0.29, 0.717) is 0 Å². The summed E-state index contributed by atoms with van der Waals surface area (Å²) in [7, 11) is 0. The van der Waals surface area contributed by atoms with Crippen LogP contribution in [0.4, 0.5) is 0 Å². The molecule has 1 aromatic carbocycles. The Labute approximate surface area is 157 Å². The summed E-state index contributed by atoms with van der Waals surface area (Å²) in [6.45, 7) is 4.56. The second-order valence-corrected chi connectivity index (χ2v) is 8.39. The average molecular weight is 353 g/mol. The molecule has 4 rings (SSSR count). The predicted octanol–water partition coefficient (Wildman–Crippen LogP) is 5.87. The number of aromatic nitrogens is 1. The van der Waals surface area contributed by atoms with Crippen molar-refractivity contribution in [3.05, 3.63) is 41.7 Å². The number of hydrogen-bond acceptors (Lipinski definition) is 3. The Hall–Kier alpha value is -1.77. The lowest BCUT2D eigenvalue weighted by molar-refractivity contribution is 0.232. The SMILES string of the molecule is Cc1ccc2onc(CCC3CCN(C=CC4CCCCC4)CC3)c2c1. The van der Waals surface area contributed by atoms with Crippen molar-refractivity contribution in [2.75, 3.05) is 13.1 Å². The summed E-state index contributed by atoms with van der Waals surface area (Å²) in [5.74, 6) is 1.66. The van der Waals surface area contributed by atoms with Crippen LogP contribution in [0.5, 0.6) is 0 Å². The van der Waals surface area contributed by atoms with Gasteiger partial charge in [0.05, 0.1) is 5.69 Å². The minimum absolute atomic E-state index is 0.825. The summed E-state index contributed by atoms with van der Waals surface area (Å²) in [5.41, 5.74) is 3.34. The van der Waals surface area contributed by atoms with E-state index >= 15 is 0 Å². The number of likely N-dealkylation sites (tertiary alicyclic amines) is 1. The van der Waals surface area contributed by atoms with E-state index < -0.39 is 0 Å². The molecule has 0 spiro atoms. The molecule has 0 N–H and O–H groups in total. The van der Waals surface area contributed by atoms with Crippen molar-refractivity contribution in [1.29, 1.82) is 0 Å². The van der Waals surface area contributed by atoms with Crippen LogP contribution in [0.3, 0.4) is 0 Å². The first-order chi connectivity index (χ1) is 12.8. The molecule has 0 atom stereocenters. The van der Waals surface area contributed by atoms with Crippen molar-refractivity contribution in [3.63, 3.8) is 0 Å². The van der Waals surface area contributed by atoms with Gasteiger partial charge in [0.25, 0.3) is 0 Å². The van der Waals surface area contributed by atoms with Crippen LogP contribution in [-0.4, -0.2) is 23.1 Å². The number of hydrogen-bond donors (Lipinski definition) is 0. The lowest BCUT2D eigenvalue weighted by Crippen LogP contribution is -2.30. The van der Waals surface area contributed by atoms with Gasteiger partial charge >= 0.3 is 0 Å². The zero-order valence-electron chi connectivity index (χ0n) is 16.1. The van der Waals surface area contributed by atoms with Gasteiger partial charge in [0.15, 0.2) is 5.58 Å². The van der Waals surface area contributed by atoms with Gasteiger partial charge in [-0.15, -0.1) is 0 Å². The highest BCUT2D eigenvalue weighted by Gasteiger charge is 2.19. The van der Waals surface area contributed by atoms with Gasteiger partial charge in [-0.25, -0.2) is 0 Å². The van der Waals surface area contributed by atoms with E-state index in [9.17, 15) is 0 Å². The van der Waals surface area contributed by atoms with Crippen LogP contribution in [0.25, 0.3) is 11.0 Å². The van der Waals surface area contributed by atoms with Gasteiger partial charge in [-0.2, -0.15) is 0 Å². The van der Waals surface area contributed by atoms with Gasteiger partial charge in [0.1, 0.15) is 0 Å². The van der Waals surface area contributed by atoms with Crippen LogP contribution in [0.1, 0.15) is 62.6 Å². The minimum atomic E-state index is 0.825. The molecule has 26 heavy (non-hydrogen) atoms. The van der Waals surface area contributed by atoms with E-state index in [-0.39, 0.29) is 0 Å². The molecule has 1 aliphatic heterocycles. The lowest BCUT2D eigenvalue weighted by Gasteiger charge is -2.31. The van der Waals surface area contributed by atoms with Crippen molar-refractivity contribution in [1.82, 2.24) is 10.1 Å². The molecule has 1 aromatic heterocycles. The molecule has 1 saturated heterocycles. The Kier molecular flexibility index (Phi) is 5.62. The molecule has 3 nitrogen and oxygen atoms in total. The average Bonchev–Trinajstić information content (AvgIpc) is 3.08. The molecule has 2 heterocycles. The molecule has 140 valence electrons. The standard InChI is InChI=1S/C23H32N2O/c1-18-7-10-23-21(17-18)22(24-26-23)9-8-20-12-15-25(16-13-20)14-11-19-5-3-2-4-6-19/h7,10-11,14,17,19-20H,2-6,8-9,12-13,15-16H2,1H3. The second kappa shape index (κ2) is 8.28. The van der Waals surface area contributed by atoms with E-state index in [0.717, 1.165) is 29.5 Å². The van der Waals surface area contributed by atoms with Gasteiger partial charge in [0.2, 0.25) is 0 Å². The van der Waals surface area contributed by atoms with E-state index in [1.807, 2.05) is 6.07 Å². The fraction of sp³-hybridized carbons (Fsp3) is 0.609. The van der Waals surface area contributed by atoms with Crippen LogP contribution < -0.4 is 0 Å². The van der Waals surface area contributed by atoms with Gasteiger partial charge in [-0.05, 0) is 75.6 Å². The number of rotatable bonds is 5. The normalized spacial score (nSPS) is 20.4. The number of aryl methyl sites for hydroxylation is 2. The van der Waals surface area contributed by atoms with Crippen molar-refractivity contribution in [2.45, 2.75) is 64.7 Å². The Balaban J connectivity index is 1.24. The molecule has 0 radical (unpaired) electrons. The zero-order valence-corrected chi connectivity index (χ0v) is 16.1. The number of piperidine rings is 1. The van der Waals surface area contributed by atoms with Crippen LogP contribution in [0.2, 0.25) is 0 Å². The van der Waals surface area contributed by atoms with E-state index in [4.69, 9.17) is 4.52 Å². The van der Waals surface area contributed by atoms with Crippen molar-refractivity contribution in [3.8, 4) is 0 Å². The molecule has 2 aromatic rings. The summed E-state index contributed by atoms with van der Waals surface area (Å²) < 4.78 is 5.48. The number of allylic oxidation sites excluding steroid dienone is 1. The summed E-state index contributed by atoms with van der Waals surface area (Å²) >= 11 is 0. The number of nitrogens with zero attached hydrogens (tertiary/aromatic N) is 2. The molecule has 0 bridgehead atoms. The molecule has 1 aliphatic carbocycles. The Morgan fingerprint density at radius 1 is 1.12 bits per heavy atom. The predicted molar refractivity (Wildman–Crippen MR) is 107 cm³/mol. The van der Waals surface area contributed by atoms with Gasteiger partial charge in [0, 0.05) is 18.5 Å². The highest BCUT2D eigenvalue weighted by Crippen LogP contribution is 2.27. The molecule has 0 unspecified atom stereocenters. The molecular weight excluding hydrogens is 320 g/mol. The smallest absolute Gasteiger partial charge is 0.167 e. The Morgan fingerprint density at radius 3 is 2.73 bits per heavy atom. The Morgan fingerprint density at radius 2 is 1.92 bits per heavy atom. The van der Waals surface area contributed by atoms with Crippen molar-refractivity contribution >= 4 is 11.0 Å². The fourth-order valence-corrected chi connectivity index (χ4v) is 4.58. The molecule has 1 saturated carbocycles. The summed E-state index contributed by atoms with van der Waals surface area (Å²) in [4.78, 5) is 2.54. The van der Waals surface area contributed by atoms with E-state index in [1.165, 1.54) is 75.4 Å². The van der Waals surface area contributed by atoms with Gasteiger partial charge < -0.3 is 9.42 Å². The fourth-order valence-electron chi connectivity index (χ4n) is 4.58. The second-order valence-electron chi connectivity index (χ2n) is 8.39. The third kappa shape index (κ3) is 4.31. The third-order valence-electron chi connectivity index (χ3n) is 6.36. The highest BCUT2D eigenvalue weighted by atomic mass is 16.5. The summed E-state index contributed by atoms with van der Waals surface area (Å²) in [6.07, 6.45) is 16.9. The monoisotopic (exact) mass is 352 g/mol. The highest BCUT2D eigenvalue weighted by molar-refractivity contribution is 5.80. The lowest BCUT2D eigenvalue weighted by atomic mass is 9.89. The topological polar surface area (TPSA) is 29.3 Å². The van der Waals surface area contributed by atoms with Crippen LogP contribution in [0, 0.1) is 18.8 Å². The molecule has 2 aliphatic rings. The molecule has 0 amide bonds. The number of fused-ring (bicyclic) bond motifs is 1. The Bertz CT molecular complexity index is 734. The molecular formula is C23H32N2O. The minimum Gasteiger partial charge on any atom is -0.378 e. The quantitative estimate of drug-likeness (QED) is 0.673. The summed E-state index contributed by atoms with van der Waals surface area (Å²) in [5, 5.41) is 5.53. The maximum atomic E-state index is 5.48. The third-order valence-corrected chi connectivity index (χ3v) is 6.36. The number of benzene rings is 1. The van der Waals surface area contributed by atoms with Crippen LogP contribution >= 0.6 is 0 Å². The van der Waals surface area contributed by atoms with Gasteiger partial charge in [-0.3, -0.25) is 0 Å². The van der Waals surface area contributed by atoms with E-state index in [2.05, 4.69) is 41.4 Å². The largest absolute Gasteiger partial charge is 0.378 e. The van der Waals surface area contributed by atoms with Crippen molar-refractivity contribution < 1.29 is 4.52 Å². The van der Waals surface area contributed by atoms with Crippen molar-refractivity contribution in [2.24, 2.45) is 11.8 Å². The first-order valence-electron chi connectivity index (χ1n) is 10.6. The first-order valence-corrected chi connectivity index (χ1v) is 10.6. The van der Waals surface area contributed by atoms with Crippen LogP contribution in [-0.2, 0) is 6.42 Å². The maximum absolute atomic E-state index is 5.48. The molecule has 3 heteroatoms. The first kappa shape index (κ1) is 17.6. The summed E-state index contributed by atoms with van der Waals surface area (Å²) in [6, 6.07) is 6.34. The van der Waals surface area contributed by atoms with Gasteiger partial charge in [-0.1, -0.05) is 42.1 Å². The van der Waals surface area contributed by atoms with E-state index in [1.54, 1.807) is 0 Å².